The summed E-state index contributed by atoms with van der Waals surface area (Å²) in [5, 5.41) is 7.19. The highest BCUT2D eigenvalue weighted by Gasteiger charge is 2.21. The van der Waals surface area contributed by atoms with Crippen LogP contribution in [0, 0.1) is 0 Å². The van der Waals surface area contributed by atoms with Gasteiger partial charge in [0.15, 0.2) is 0 Å². The summed E-state index contributed by atoms with van der Waals surface area (Å²) in [6, 6.07) is 1.44. The lowest BCUT2D eigenvalue weighted by molar-refractivity contribution is -0.130. The first-order valence-corrected chi connectivity index (χ1v) is 6.88. The fourth-order valence-electron chi connectivity index (χ4n) is 1.57. The molecule has 0 unspecified atom stereocenters. The fraction of sp³-hybridized carbons (Fsp3) is 0.357. The van der Waals surface area contributed by atoms with Crippen molar-refractivity contribution in [3.05, 3.63) is 30.1 Å². The van der Waals surface area contributed by atoms with Crippen LogP contribution in [-0.4, -0.2) is 47.2 Å². The number of rotatable bonds is 7. The van der Waals surface area contributed by atoms with Gasteiger partial charge in [0, 0.05) is 12.4 Å². The van der Waals surface area contributed by atoms with Crippen LogP contribution < -0.4 is 21.7 Å². The van der Waals surface area contributed by atoms with Gasteiger partial charge < -0.3 is 21.7 Å². The van der Waals surface area contributed by atoms with Gasteiger partial charge in [-0.05, 0) is 26.0 Å². The molecular weight excluding hydrogens is 302 g/mol. The normalized spacial score (nSPS) is 12.6. The second kappa shape index (κ2) is 8.47. The second-order valence-corrected chi connectivity index (χ2v) is 4.85. The van der Waals surface area contributed by atoms with Crippen molar-refractivity contribution in [1.29, 1.82) is 0 Å². The van der Waals surface area contributed by atoms with Crippen molar-refractivity contribution in [2.24, 2.45) is 5.73 Å². The quantitative estimate of drug-likeness (QED) is 0.473. The Morgan fingerprint density at radius 2 is 1.78 bits per heavy atom. The Bertz CT molecular complexity index is 590. The highest BCUT2D eigenvalue weighted by atomic mass is 16.2. The molecule has 0 saturated carbocycles. The Morgan fingerprint density at radius 1 is 1.13 bits per heavy atom. The molecule has 9 heteroatoms. The molecule has 0 saturated heterocycles. The maximum atomic E-state index is 11.9. The largest absolute Gasteiger partial charge is 0.368 e. The minimum Gasteiger partial charge on any atom is -0.368 e. The number of carbonyl (C=O) groups is 4. The first kappa shape index (κ1) is 18.1. The summed E-state index contributed by atoms with van der Waals surface area (Å²) in [6.45, 7) is 2.62. The second-order valence-electron chi connectivity index (χ2n) is 4.85. The molecule has 0 spiro atoms. The van der Waals surface area contributed by atoms with Gasteiger partial charge in [-0.25, -0.2) is 0 Å². The van der Waals surface area contributed by atoms with Crippen LogP contribution in [0.5, 0.6) is 0 Å². The molecule has 2 atom stereocenters. The summed E-state index contributed by atoms with van der Waals surface area (Å²) in [5.41, 5.74) is 5.23. The molecule has 0 radical (unpaired) electrons. The highest BCUT2D eigenvalue weighted by molar-refractivity contribution is 5.98. The number of hydrogen-bond acceptors (Lipinski definition) is 5. The number of nitrogens with one attached hydrogen (secondary N) is 3. The Hall–Kier alpha value is -2.97. The zero-order valence-electron chi connectivity index (χ0n) is 12.8. The number of amides is 4. The van der Waals surface area contributed by atoms with Crippen molar-refractivity contribution in [2.75, 3.05) is 6.54 Å². The average Bonchev–Trinajstić information content (AvgIpc) is 2.52. The topological polar surface area (TPSA) is 143 Å². The van der Waals surface area contributed by atoms with Crippen LogP contribution in [0.15, 0.2) is 24.5 Å². The SMILES string of the molecule is C[C@H](NC(=O)c1cccnc1)C(=O)N[C@@H](C)C(=O)NCC(N)=O. The molecule has 1 aromatic heterocycles. The van der Waals surface area contributed by atoms with E-state index in [9.17, 15) is 19.2 Å². The number of hydrogen-bond donors (Lipinski definition) is 4. The van der Waals surface area contributed by atoms with Gasteiger partial charge >= 0.3 is 0 Å². The molecule has 9 nitrogen and oxygen atoms in total. The molecule has 1 rings (SSSR count). The smallest absolute Gasteiger partial charge is 0.253 e. The molecule has 124 valence electrons. The van der Waals surface area contributed by atoms with Crippen molar-refractivity contribution in [2.45, 2.75) is 25.9 Å². The van der Waals surface area contributed by atoms with Crippen molar-refractivity contribution < 1.29 is 19.2 Å². The Labute approximate surface area is 133 Å². The molecule has 0 aliphatic rings. The molecule has 0 bridgehead atoms. The first-order chi connectivity index (χ1) is 10.8. The lowest BCUT2D eigenvalue weighted by atomic mass is 10.2. The summed E-state index contributed by atoms with van der Waals surface area (Å²) in [7, 11) is 0. The van der Waals surface area contributed by atoms with Crippen molar-refractivity contribution in [3.8, 4) is 0 Å². The van der Waals surface area contributed by atoms with Gasteiger partial charge in [-0.2, -0.15) is 0 Å². The third-order valence-corrected chi connectivity index (χ3v) is 2.85. The van der Waals surface area contributed by atoms with E-state index in [0.717, 1.165) is 0 Å². The van der Waals surface area contributed by atoms with Gasteiger partial charge in [-0.3, -0.25) is 24.2 Å². The summed E-state index contributed by atoms with van der Waals surface area (Å²) < 4.78 is 0. The molecule has 5 N–H and O–H groups in total. The van der Waals surface area contributed by atoms with Crippen molar-refractivity contribution in [1.82, 2.24) is 20.9 Å². The van der Waals surface area contributed by atoms with E-state index in [1.54, 1.807) is 12.1 Å². The van der Waals surface area contributed by atoms with Crippen LogP contribution in [0.3, 0.4) is 0 Å². The van der Waals surface area contributed by atoms with Crippen LogP contribution in [0.4, 0.5) is 0 Å². The number of nitrogens with zero attached hydrogens (tertiary/aromatic N) is 1. The Balaban J connectivity index is 2.48. The number of carbonyl (C=O) groups excluding carboxylic acids is 4. The number of aromatic nitrogens is 1. The number of pyridine rings is 1. The first-order valence-electron chi connectivity index (χ1n) is 6.88. The van der Waals surface area contributed by atoms with Crippen LogP contribution >= 0.6 is 0 Å². The summed E-state index contributed by atoms with van der Waals surface area (Å²) >= 11 is 0. The van der Waals surface area contributed by atoms with Gasteiger partial charge in [0.1, 0.15) is 12.1 Å². The number of primary amides is 1. The average molecular weight is 321 g/mol. The van der Waals surface area contributed by atoms with Crippen molar-refractivity contribution in [3.63, 3.8) is 0 Å². The molecular formula is C14H19N5O4. The molecule has 0 aliphatic carbocycles. The van der Waals surface area contributed by atoms with Crippen molar-refractivity contribution >= 4 is 23.6 Å². The van der Waals surface area contributed by atoms with E-state index >= 15 is 0 Å². The van der Waals surface area contributed by atoms with Crippen LogP contribution in [-0.2, 0) is 14.4 Å². The summed E-state index contributed by atoms with van der Waals surface area (Å²) in [6.07, 6.45) is 2.90. The number of nitrogens with two attached hydrogens (primary N) is 1. The van der Waals surface area contributed by atoms with E-state index in [2.05, 4.69) is 20.9 Å². The Kier molecular flexibility index (Phi) is 6.66. The maximum absolute atomic E-state index is 11.9. The molecule has 1 aromatic rings. The monoisotopic (exact) mass is 321 g/mol. The van der Waals surface area contributed by atoms with E-state index < -0.39 is 35.7 Å². The van der Waals surface area contributed by atoms with Crippen LogP contribution in [0.25, 0.3) is 0 Å². The van der Waals surface area contributed by atoms with E-state index in [1.165, 1.54) is 26.2 Å². The minimum atomic E-state index is -0.875. The van der Waals surface area contributed by atoms with Gasteiger partial charge in [0.05, 0.1) is 12.1 Å². The fourth-order valence-corrected chi connectivity index (χ4v) is 1.57. The predicted molar refractivity (Wildman–Crippen MR) is 81.0 cm³/mol. The van der Waals surface area contributed by atoms with Gasteiger partial charge in [-0.1, -0.05) is 0 Å². The standard InChI is InChI=1S/C14H19N5O4/c1-8(12(21)17-7-11(15)20)18-13(22)9(2)19-14(23)10-4-3-5-16-6-10/h3-6,8-9H,7H2,1-2H3,(H2,15,20)(H,17,21)(H,18,22)(H,19,23)/t8-,9-/m0/s1. The zero-order valence-corrected chi connectivity index (χ0v) is 12.8. The zero-order chi connectivity index (χ0) is 17.4. The van der Waals surface area contributed by atoms with Crippen LogP contribution in [0.1, 0.15) is 24.2 Å². The molecule has 4 amide bonds. The lowest BCUT2D eigenvalue weighted by Crippen LogP contribution is -2.52. The third-order valence-electron chi connectivity index (χ3n) is 2.85. The van der Waals surface area contributed by atoms with E-state index in [0.29, 0.717) is 5.56 Å². The maximum Gasteiger partial charge on any atom is 0.253 e. The van der Waals surface area contributed by atoms with Gasteiger partial charge in [0.25, 0.3) is 5.91 Å². The van der Waals surface area contributed by atoms with E-state index in [4.69, 9.17) is 5.73 Å². The molecule has 0 fully saturated rings. The third kappa shape index (κ3) is 6.12. The highest BCUT2D eigenvalue weighted by Crippen LogP contribution is 1.97. The Morgan fingerprint density at radius 3 is 2.35 bits per heavy atom. The summed E-state index contributed by atoms with van der Waals surface area (Å²) in [4.78, 5) is 49.9. The van der Waals surface area contributed by atoms with Gasteiger partial charge in [-0.15, -0.1) is 0 Å². The summed E-state index contributed by atoms with van der Waals surface area (Å²) in [5.74, 6) is -2.23. The van der Waals surface area contributed by atoms with Gasteiger partial charge in [0.2, 0.25) is 17.7 Å². The van der Waals surface area contributed by atoms with E-state index in [-0.39, 0.29) is 6.54 Å². The molecule has 0 aliphatic heterocycles. The minimum absolute atomic E-state index is 0.313. The van der Waals surface area contributed by atoms with Crippen LogP contribution in [0.2, 0.25) is 0 Å². The molecule has 23 heavy (non-hydrogen) atoms. The predicted octanol–water partition coefficient (Wildman–Crippen LogP) is -1.69. The molecule has 0 aromatic carbocycles. The van der Waals surface area contributed by atoms with E-state index in [1.807, 2.05) is 0 Å². The molecule has 1 heterocycles. The lowest BCUT2D eigenvalue weighted by Gasteiger charge is -2.18.